The molecule has 0 saturated carbocycles. The predicted molar refractivity (Wildman–Crippen MR) is 136 cm³/mol. The van der Waals surface area contributed by atoms with Gasteiger partial charge in [0.2, 0.25) is 5.91 Å². The summed E-state index contributed by atoms with van der Waals surface area (Å²) < 4.78 is 63.0. The number of hydrogen-bond donors (Lipinski definition) is 1. The number of piperidine rings is 1. The minimum atomic E-state index is -4.04. The Bertz CT molecular complexity index is 1090. The average Bonchev–Trinajstić information content (AvgIpc) is 3.54. The van der Waals surface area contributed by atoms with Crippen LogP contribution in [0.25, 0.3) is 4.85 Å². The molecule has 5 fully saturated rings. The summed E-state index contributed by atoms with van der Waals surface area (Å²) >= 11 is 0. The number of fused-ring (bicyclic) bond motifs is 3. The molecular weight excluding hydrogens is 532 g/mol. The van der Waals surface area contributed by atoms with Crippen molar-refractivity contribution in [2.24, 2.45) is 0 Å². The van der Waals surface area contributed by atoms with E-state index in [9.17, 15) is 13.2 Å². The lowest BCUT2D eigenvalue weighted by atomic mass is 9.90. The van der Waals surface area contributed by atoms with Crippen molar-refractivity contribution in [2.75, 3.05) is 32.8 Å². The largest absolute Gasteiger partial charge is 0.342 e. The summed E-state index contributed by atoms with van der Waals surface area (Å²) in [6.07, 6.45) is -0.859. The SMILES string of the molecule is [C-]#[N+][C@@H]1CCCN1C(=O)CNC1(C)CCN(S(=O)(=O)OC[C@H]2O[C@@H]3OC(C)(C)O[C@@H]3[C@H]3OC(C)(C)O[C@H]32)CC1. The maximum atomic E-state index is 13.1. The van der Waals surface area contributed by atoms with E-state index in [1.54, 1.807) is 32.6 Å². The Kier molecular flexibility index (Phi) is 7.80. The fourth-order valence-electron chi connectivity index (χ4n) is 6.00. The summed E-state index contributed by atoms with van der Waals surface area (Å²) in [6, 6.07) is 0. The molecule has 5 saturated heterocycles. The second-order valence-electron chi connectivity index (χ2n) is 12.1. The van der Waals surface area contributed by atoms with E-state index in [1.165, 1.54) is 4.31 Å². The molecule has 14 heteroatoms. The summed E-state index contributed by atoms with van der Waals surface area (Å²) in [5, 5.41) is 3.30. The molecule has 1 N–H and O–H groups in total. The third-order valence-corrected chi connectivity index (χ3v) is 9.56. The third-order valence-electron chi connectivity index (χ3n) is 8.13. The van der Waals surface area contributed by atoms with Crippen molar-refractivity contribution in [3.63, 3.8) is 0 Å². The van der Waals surface area contributed by atoms with Crippen LogP contribution in [0.15, 0.2) is 0 Å². The van der Waals surface area contributed by atoms with Crippen LogP contribution in [0, 0.1) is 6.57 Å². The van der Waals surface area contributed by atoms with Crippen molar-refractivity contribution in [3.05, 3.63) is 11.4 Å². The van der Waals surface area contributed by atoms with Gasteiger partial charge >= 0.3 is 16.5 Å². The molecule has 0 unspecified atom stereocenters. The molecule has 0 radical (unpaired) electrons. The van der Waals surface area contributed by atoms with Crippen LogP contribution in [0.4, 0.5) is 0 Å². The maximum absolute atomic E-state index is 13.1. The fourth-order valence-corrected chi connectivity index (χ4v) is 7.09. The monoisotopic (exact) mass is 572 g/mol. The van der Waals surface area contributed by atoms with E-state index >= 15 is 0 Å². The van der Waals surface area contributed by atoms with Gasteiger partial charge in [0, 0.05) is 31.6 Å². The Morgan fingerprint density at radius 1 is 1.00 bits per heavy atom. The third kappa shape index (κ3) is 6.12. The van der Waals surface area contributed by atoms with Gasteiger partial charge in [0.25, 0.3) is 0 Å². The Hall–Kier alpha value is -1.41. The molecule has 220 valence electrons. The van der Waals surface area contributed by atoms with Gasteiger partial charge in [-0.2, -0.15) is 12.7 Å². The van der Waals surface area contributed by atoms with Crippen LogP contribution in [0.2, 0.25) is 0 Å². The normalized spacial score (nSPS) is 37.3. The number of rotatable bonds is 7. The second-order valence-corrected chi connectivity index (χ2v) is 13.7. The number of carbonyl (C=O) groups is 1. The lowest BCUT2D eigenvalue weighted by Gasteiger charge is -2.40. The van der Waals surface area contributed by atoms with Gasteiger partial charge < -0.3 is 29.0 Å². The van der Waals surface area contributed by atoms with Crippen LogP contribution in [0.5, 0.6) is 0 Å². The molecule has 1 amide bonds. The Balaban J connectivity index is 1.14. The number of amides is 1. The number of nitrogens with one attached hydrogen (secondary N) is 1. The zero-order valence-corrected chi connectivity index (χ0v) is 24.1. The van der Waals surface area contributed by atoms with E-state index in [4.69, 9.17) is 34.4 Å². The van der Waals surface area contributed by atoms with Crippen molar-refractivity contribution >= 4 is 16.2 Å². The summed E-state index contributed by atoms with van der Waals surface area (Å²) in [6.45, 7) is 17.4. The molecule has 5 aliphatic rings. The highest BCUT2D eigenvalue weighted by Crippen LogP contribution is 2.44. The molecule has 0 aromatic heterocycles. The summed E-state index contributed by atoms with van der Waals surface area (Å²) in [7, 11) is -4.04. The fraction of sp³-hybridized carbons (Fsp3) is 0.920. The van der Waals surface area contributed by atoms with Crippen molar-refractivity contribution in [1.82, 2.24) is 14.5 Å². The molecule has 5 aliphatic heterocycles. The van der Waals surface area contributed by atoms with Gasteiger partial charge in [-0.1, -0.05) is 0 Å². The van der Waals surface area contributed by atoms with Crippen LogP contribution in [-0.2, 0) is 43.0 Å². The number of ether oxygens (including phenoxy) is 5. The highest BCUT2D eigenvalue weighted by molar-refractivity contribution is 7.84. The van der Waals surface area contributed by atoms with Gasteiger partial charge in [-0.25, -0.2) is 6.57 Å². The molecule has 0 spiro atoms. The van der Waals surface area contributed by atoms with Crippen molar-refractivity contribution < 1.29 is 41.1 Å². The van der Waals surface area contributed by atoms with Crippen LogP contribution in [-0.4, -0.2) is 110 Å². The Labute approximate surface area is 230 Å². The number of nitrogens with zero attached hydrogens (tertiary/aromatic N) is 3. The minimum absolute atomic E-state index is 0.0950. The van der Waals surface area contributed by atoms with Gasteiger partial charge in [0.15, 0.2) is 17.9 Å². The number of likely N-dealkylation sites (tertiary alicyclic amines) is 1. The Morgan fingerprint density at radius 3 is 2.33 bits per heavy atom. The molecule has 5 heterocycles. The van der Waals surface area contributed by atoms with Gasteiger partial charge in [-0.15, -0.1) is 0 Å². The number of carbonyl (C=O) groups excluding carboxylic acids is 1. The molecule has 0 bridgehead atoms. The predicted octanol–water partition coefficient (Wildman–Crippen LogP) is 0.956. The van der Waals surface area contributed by atoms with Gasteiger partial charge in [-0.05, 0) is 53.9 Å². The summed E-state index contributed by atoms with van der Waals surface area (Å²) in [4.78, 5) is 17.8. The maximum Gasteiger partial charge on any atom is 0.338 e. The second kappa shape index (κ2) is 10.5. The highest BCUT2D eigenvalue weighted by atomic mass is 32.2. The minimum Gasteiger partial charge on any atom is -0.342 e. The topological polar surface area (TPSA) is 129 Å². The first-order valence-corrected chi connectivity index (χ1v) is 15.0. The zero-order valence-electron chi connectivity index (χ0n) is 23.3. The Morgan fingerprint density at radius 2 is 1.64 bits per heavy atom. The highest BCUT2D eigenvalue weighted by Gasteiger charge is 2.61. The average molecular weight is 573 g/mol. The first-order chi connectivity index (χ1) is 18.2. The van der Waals surface area contributed by atoms with Crippen LogP contribution in [0.1, 0.15) is 60.3 Å². The van der Waals surface area contributed by atoms with Crippen LogP contribution in [0.3, 0.4) is 0 Å². The molecule has 5 rings (SSSR count). The van der Waals surface area contributed by atoms with E-state index < -0.39 is 58.1 Å². The number of hydrogen-bond acceptors (Lipinski definition) is 10. The van der Waals surface area contributed by atoms with Gasteiger partial charge in [0.05, 0.1) is 13.2 Å². The lowest BCUT2D eigenvalue weighted by molar-refractivity contribution is -0.238. The van der Waals surface area contributed by atoms with Gasteiger partial charge in [0.1, 0.15) is 24.4 Å². The summed E-state index contributed by atoms with van der Waals surface area (Å²) in [5.74, 6) is -1.86. The van der Waals surface area contributed by atoms with E-state index in [0.29, 0.717) is 25.8 Å². The van der Waals surface area contributed by atoms with E-state index in [-0.39, 0.29) is 38.3 Å². The molecular formula is C25H40N4O9S. The quantitative estimate of drug-likeness (QED) is 0.440. The molecule has 13 nitrogen and oxygen atoms in total. The van der Waals surface area contributed by atoms with Crippen molar-refractivity contribution in [2.45, 2.75) is 114 Å². The van der Waals surface area contributed by atoms with Gasteiger partial charge in [-0.3, -0.25) is 18.7 Å². The molecule has 0 aromatic rings. The zero-order chi connectivity index (χ0) is 28.2. The van der Waals surface area contributed by atoms with Crippen molar-refractivity contribution in [3.8, 4) is 0 Å². The van der Waals surface area contributed by atoms with Crippen molar-refractivity contribution in [1.29, 1.82) is 0 Å². The summed E-state index contributed by atoms with van der Waals surface area (Å²) in [5.41, 5.74) is -0.406. The molecule has 39 heavy (non-hydrogen) atoms. The van der Waals surface area contributed by atoms with Crippen LogP contribution >= 0.6 is 0 Å². The van der Waals surface area contributed by atoms with Crippen LogP contribution < -0.4 is 5.32 Å². The smallest absolute Gasteiger partial charge is 0.338 e. The molecule has 0 aliphatic carbocycles. The first-order valence-electron chi connectivity index (χ1n) is 13.6. The first kappa shape index (κ1) is 29.1. The van der Waals surface area contributed by atoms with E-state index in [0.717, 1.165) is 6.42 Å². The standard InChI is InChI=1S/C25H40N4O9S/c1-23(2)35-19-16(34-22-21(20(19)36-23)37-24(3,4)38-22)15-33-39(31,32)28-12-9-25(5,10-13-28)27-14-18(30)29-11-7-8-17(29)26-6/h16-17,19-22,27H,7-15H2,1-5H3/t16-,17+,19+,20+,21-,22-/m1/s1. The molecule has 0 aromatic carbocycles. The van der Waals surface area contributed by atoms with E-state index in [2.05, 4.69) is 10.2 Å². The van der Waals surface area contributed by atoms with E-state index in [1.807, 2.05) is 6.92 Å². The lowest BCUT2D eigenvalue weighted by Crippen LogP contribution is -2.57. The molecule has 6 atom stereocenters.